The molecule has 0 aliphatic heterocycles. The van der Waals surface area contributed by atoms with Gasteiger partial charge in [0.05, 0.1) is 6.54 Å². The highest BCUT2D eigenvalue weighted by atomic mass is 79.9. The molecule has 0 saturated carbocycles. The molecule has 2 aromatic rings. The summed E-state index contributed by atoms with van der Waals surface area (Å²) in [6.45, 7) is 0.620. The molecular formula is C13H11BrN2OS2. The third-order valence-electron chi connectivity index (χ3n) is 2.32. The fourth-order valence-electron chi connectivity index (χ4n) is 1.43. The molecule has 0 fully saturated rings. The van der Waals surface area contributed by atoms with Crippen LogP contribution in [0.1, 0.15) is 15.2 Å². The van der Waals surface area contributed by atoms with Crippen LogP contribution in [0.25, 0.3) is 0 Å². The minimum Gasteiger partial charge on any atom is -0.357 e. The number of rotatable bonds is 3. The lowest BCUT2D eigenvalue weighted by Gasteiger charge is -2.08. The van der Waals surface area contributed by atoms with Gasteiger partial charge in [-0.2, -0.15) is 0 Å². The summed E-state index contributed by atoms with van der Waals surface area (Å²) < 4.78 is 0.859. The van der Waals surface area contributed by atoms with Crippen molar-refractivity contribution in [1.29, 1.82) is 0 Å². The first-order valence-corrected chi connectivity index (χ1v) is 7.60. The van der Waals surface area contributed by atoms with Crippen LogP contribution < -0.4 is 10.6 Å². The second-order valence-electron chi connectivity index (χ2n) is 3.73. The van der Waals surface area contributed by atoms with Crippen LogP contribution in [0, 0.1) is 0 Å². The average Bonchev–Trinajstić information content (AvgIpc) is 2.89. The minimum absolute atomic E-state index is 0.218. The molecule has 19 heavy (non-hydrogen) atoms. The van der Waals surface area contributed by atoms with E-state index in [9.17, 15) is 4.79 Å². The minimum atomic E-state index is -0.218. The summed E-state index contributed by atoms with van der Waals surface area (Å²) in [6.07, 6.45) is 0. The summed E-state index contributed by atoms with van der Waals surface area (Å²) in [4.78, 5) is 13.1. The number of thiocarbonyl (C=S) groups is 1. The Kier molecular flexibility index (Phi) is 5.07. The van der Waals surface area contributed by atoms with Crippen LogP contribution in [-0.4, -0.2) is 11.0 Å². The van der Waals surface area contributed by atoms with Crippen molar-refractivity contribution in [2.24, 2.45) is 0 Å². The van der Waals surface area contributed by atoms with E-state index < -0.39 is 0 Å². The summed E-state index contributed by atoms with van der Waals surface area (Å²) in [5, 5.41) is 7.98. The number of hydrogen-bond acceptors (Lipinski definition) is 3. The van der Waals surface area contributed by atoms with E-state index >= 15 is 0 Å². The molecule has 0 unspecified atom stereocenters. The standard InChI is InChI=1S/C13H11BrN2OS2/c14-10-4-1-3-9(7-10)12(17)16-13(18)15-8-11-5-2-6-19-11/h1-7H,8H2,(H2,15,16,17,18). The second-order valence-corrected chi connectivity index (χ2v) is 6.08. The summed E-state index contributed by atoms with van der Waals surface area (Å²) in [5.74, 6) is -0.218. The van der Waals surface area contributed by atoms with Gasteiger partial charge in [0.1, 0.15) is 0 Å². The van der Waals surface area contributed by atoms with E-state index in [0.717, 1.165) is 4.47 Å². The van der Waals surface area contributed by atoms with Gasteiger partial charge >= 0.3 is 0 Å². The van der Waals surface area contributed by atoms with Crippen LogP contribution in [0.3, 0.4) is 0 Å². The van der Waals surface area contributed by atoms with Crippen molar-refractivity contribution in [2.45, 2.75) is 6.54 Å². The Morgan fingerprint density at radius 2 is 2.16 bits per heavy atom. The number of nitrogens with one attached hydrogen (secondary N) is 2. The molecule has 1 aromatic carbocycles. The van der Waals surface area contributed by atoms with Crippen LogP contribution in [0.2, 0.25) is 0 Å². The molecule has 0 bridgehead atoms. The molecule has 2 N–H and O–H groups in total. The van der Waals surface area contributed by atoms with Crippen molar-refractivity contribution in [2.75, 3.05) is 0 Å². The molecule has 0 spiro atoms. The number of amides is 1. The highest BCUT2D eigenvalue weighted by Gasteiger charge is 2.07. The Hall–Kier alpha value is -1.24. The van der Waals surface area contributed by atoms with E-state index in [2.05, 4.69) is 26.6 Å². The number of carbonyl (C=O) groups excluding carboxylic acids is 1. The highest BCUT2D eigenvalue weighted by Crippen LogP contribution is 2.11. The van der Waals surface area contributed by atoms with Crippen LogP contribution >= 0.6 is 39.5 Å². The summed E-state index contributed by atoms with van der Waals surface area (Å²) >= 11 is 10.1. The summed E-state index contributed by atoms with van der Waals surface area (Å²) in [6, 6.07) is 11.1. The van der Waals surface area contributed by atoms with Gasteiger partial charge in [0.15, 0.2) is 5.11 Å². The number of thiophene rings is 1. The summed E-state index contributed by atoms with van der Waals surface area (Å²) in [5.41, 5.74) is 0.564. The maximum atomic E-state index is 11.9. The zero-order valence-corrected chi connectivity index (χ0v) is 13.1. The molecule has 0 atom stereocenters. The maximum absolute atomic E-state index is 11.9. The quantitative estimate of drug-likeness (QED) is 0.830. The highest BCUT2D eigenvalue weighted by molar-refractivity contribution is 9.10. The Balaban J connectivity index is 1.86. The van der Waals surface area contributed by atoms with Crippen molar-refractivity contribution in [3.05, 3.63) is 56.7 Å². The van der Waals surface area contributed by atoms with Crippen molar-refractivity contribution in [3.8, 4) is 0 Å². The lowest BCUT2D eigenvalue weighted by molar-refractivity contribution is 0.0976. The first-order chi connectivity index (χ1) is 9.15. The van der Waals surface area contributed by atoms with Gasteiger partial charge in [0.2, 0.25) is 0 Å². The van der Waals surface area contributed by atoms with Crippen LogP contribution in [-0.2, 0) is 6.54 Å². The Morgan fingerprint density at radius 3 is 2.84 bits per heavy atom. The van der Waals surface area contributed by atoms with Crippen molar-refractivity contribution in [3.63, 3.8) is 0 Å². The van der Waals surface area contributed by atoms with E-state index in [-0.39, 0.29) is 5.91 Å². The Bertz CT molecular complexity index is 584. The first kappa shape index (κ1) is 14.2. The molecule has 0 aliphatic rings. The van der Waals surface area contributed by atoms with Crippen molar-refractivity contribution in [1.82, 2.24) is 10.6 Å². The predicted octanol–water partition coefficient (Wildman–Crippen LogP) is 3.32. The third-order valence-corrected chi connectivity index (χ3v) is 3.93. The summed E-state index contributed by atoms with van der Waals surface area (Å²) in [7, 11) is 0. The lowest BCUT2D eigenvalue weighted by atomic mass is 10.2. The fourth-order valence-corrected chi connectivity index (χ4v) is 2.64. The van der Waals surface area contributed by atoms with Crippen molar-refractivity contribution >= 4 is 50.5 Å². The largest absolute Gasteiger partial charge is 0.357 e. The maximum Gasteiger partial charge on any atom is 0.257 e. The molecule has 3 nitrogen and oxygen atoms in total. The molecule has 0 aliphatic carbocycles. The molecule has 0 saturated heterocycles. The number of halogens is 1. The molecule has 0 radical (unpaired) electrons. The molecule has 2 rings (SSSR count). The van der Waals surface area contributed by atoms with Crippen molar-refractivity contribution < 1.29 is 4.79 Å². The molecule has 1 heterocycles. The predicted molar refractivity (Wildman–Crippen MR) is 85.4 cm³/mol. The topological polar surface area (TPSA) is 41.1 Å². The van der Waals surface area contributed by atoms with E-state index in [1.807, 2.05) is 23.6 Å². The molecule has 1 amide bonds. The zero-order valence-electron chi connectivity index (χ0n) is 9.85. The Labute approximate surface area is 129 Å². The Morgan fingerprint density at radius 1 is 1.32 bits per heavy atom. The molecule has 98 valence electrons. The monoisotopic (exact) mass is 354 g/mol. The van der Waals surface area contributed by atoms with Crippen LogP contribution in [0.5, 0.6) is 0 Å². The van der Waals surface area contributed by atoms with Gasteiger partial charge in [-0.3, -0.25) is 10.1 Å². The van der Waals surface area contributed by atoms with Gasteiger partial charge in [-0.25, -0.2) is 0 Å². The second kappa shape index (κ2) is 6.79. The van der Waals surface area contributed by atoms with E-state index in [4.69, 9.17) is 12.2 Å². The smallest absolute Gasteiger partial charge is 0.257 e. The van der Waals surface area contributed by atoms with E-state index in [1.165, 1.54) is 4.88 Å². The van der Waals surface area contributed by atoms with E-state index in [0.29, 0.717) is 17.2 Å². The SMILES string of the molecule is O=C(NC(=S)NCc1cccs1)c1cccc(Br)c1. The van der Waals surface area contributed by atoms with Crippen LogP contribution in [0.15, 0.2) is 46.3 Å². The van der Waals surface area contributed by atoms with Gasteiger partial charge in [-0.15, -0.1) is 11.3 Å². The molecule has 1 aromatic heterocycles. The van der Waals surface area contributed by atoms with Gasteiger partial charge < -0.3 is 5.32 Å². The normalized spacial score (nSPS) is 9.95. The van der Waals surface area contributed by atoms with Crippen LogP contribution in [0.4, 0.5) is 0 Å². The number of hydrogen-bond donors (Lipinski definition) is 2. The average molecular weight is 355 g/mol. The van der Waals surface area contributed by atoms with Gasteiger partial charge in [0.25, 0.3) is 5.91 Å². The van der Waals surface area contributed by atoms with Gasteiger partial charge in [-0.05, 0) is 41.9 Å². The number of benzene rings is 1. The first-order valence-electron chi connectivity index (χ1n) is 5.52. The third kappa shape index (κ3) is 4.41. The van der Waals surface area contributed by atoms with Gasteiger partial charge in [-0.1, -0.05) is 28.1 Å². The molecule has 6 heteroatoms. The van der Waals surface area contributed by atoms with E-state index in [1.54, 1.807) is 29.5 Å². The van der Waals surface area contributed by atoms with Gasteiger partial charge in [0, 0.05) is 14.9 Å². The zero-order chi connectivity index (χ0) is 13.7. The fraction of sp³-hybridized carbons (Fsp3) is 0.0769. The molecular weight excluding hydrogens is 344 g/mol. The lowest BCUT2D eigenvalue weighted by Crippen LogP contribution is -2.38. The number of carbonyl (C=O) groups is 1.